The molecule has 3 N–H and O–H groups in total. The number of anilines is 2. The quantitative estimate of drug-likeness (QED) is 0.424. The van der Waals surface area contributed by atoms with Crippen LogP contribution in [-0.4, -0.2) is 32.5 Å². The molecule has 0 saturated heterocycles. The number of carbonyl (C=O) groups excluding carboxylic acids is 2. The van der Waals surface area contributed by atoms with E-state index in [1.54, 1.807) is 23.4 Å². The van der Waals surface area contributed by atoms with Gasteiger partial charge in [-0.1, -0.05) is 66.8 Å². The van der Waals surface area contributed by atoms with E-state index in [0.29, 0.717) is 11.3 Å². The zero-order valence-electron chi connectivity index (χ0n) is 20.7. The Morgan fingerprint density at radius 2 is 1.79 bits per heavy atom. The molecule has 8 nitrogen and oxygen atoms in total. The first-order valence-corrected chi connectivity index (χ1v) is 12.5. The van der Waals surface area contributed by atoms with Crippen LogP contribution in [0.2, 0.25) is 0 Å². The van der Waals surface area contributed by atoms with Gasteiger partial charge in [0.2, 0.25) is 5.91 Å². The molecular weight excluding hydrogens is 476 g/mol. The SMILES string of the molecule is CC(NC(=O)c1c(N)nn2cccnc12)C1=CC2=CC=CC(c3ccccc3)C2C(=O)N1c1ccccc1. The molecule has 38 heavy (non-hydrogen) atoms. The summed E-state index contributed by atoms with van der Waals surface area (Å²) < 4.78 is 1.47. The standard InChI is InChI=1S/C30H26N6O2/c1-19(33-29(37)26-27(31)34-35-17-9-16-32-28(26)35)24-18-21-12-8-15-23(20-10-4-2-5-11-20)25(21)30(38)36(24)22-13-6-3-7-14-22/h2-19,23,25H,1H3,(H2,31,34)(H,33,37). The van der Waals surface area contributed by atoms with Gasteiger partial charge in [0.1, 0.15) is 5.56 Å². The van der Waals surface area contributed by atoms with Crippen molar-refractivity contribution in [2.45, 2.75) is 18.9 Å². The maximum absolute atomic E-state index is 14.3. The molecule has 1 aliphatic heterocycles. The lowest BCUT2D eigenvalue weighted by Crippen LogP contribution is -2.48. The van der Waals surface area contributed by atoms with Gasteiger partial charge in [-0.25, -0.2) is 9.50 Å². The van der Waals surface area contributed by atoms with Crippen molar-refractivity contribution in [1.29, 1.82) is 0 Å². The Bertz CT molecular complexity index is 1620. The summed E-state index contributed by atoms with van der Waals surface area (Å²) in [5.74, 6) is -0.841. The van der Waals surface area contributed by atoms with Gasteiger partial charge in [-0.3, -0.25) is 14.5 Å². The van der Waals surface area contributed by atoms with Crippen molar-refractivity contribution in [2.24, 2.45) is 5.92 Å². The molecule has 2 aromatic carbocycles. The normalized spacial score (nSPS) is 19.5. The maximum Gasteiger partial charge on any atom is 0.259 e. The molecule has 6 rings (SSSR count). The van der Waals surface area contributed by atoms with Crippen molar-refractivity contribution in [3.63, 3.8) is 0 Å². The second-order valence-electron chi connectivity index (χ2n) is 9.39. The van der Waals surface area contributed by atoms with Crippen LogP contribution in [0.15, 0.2) is 115 Å². The van der Waals surface area contributed by atoms with E-state index >= 15 is 0 Å². The zero-order valence-corrected chi connectivity index (χ0v) is 20.7. The predicted molar refractivity (Wildman–Crippen MR) is 146 cm³/mol. The van der Waals surface area contributed by atoms with Crippen molar-refractivity contribution in [3.05, 3.63) is 126 Å². The monoisotopic (exact) mass is 502 g/mol. The van der Waals surface area contributed by atoms with E-state index in [4.69, 9.17) is 5.73 Å². The number of carbonyl (C=O) groups is 2. The lowest BCUT2D eigenvalue weighted by atomic mass is 9.75. The van der Waals surface area contributed by atoms with Gasteiger partial charge < -0.3 is 11.1 Å². The van der Waals surface area contributed by atoms with Gasteiger partial charge in [0.15, 0.2) is 11.5 Å². The maximum atomic E-state index is 14.3. The fraction of sp³-hybridized carbons (Fsp3) is 0.133. The van der Waals surface area contributed by atoms with Crippen LogP contribution in [0.1, 0.15) is 28.8 Å². The molecule has 3 heterocycles. The largest absolute Gasteiger partial charge is 0.381 e. The smallest absolute Gasteiger partial charge is 0.259 e. The summed E-state index contributed by atoms with van der Waals surface area (Å²) in [6.45, 7) is 1.86. The van der Waals surface area contributed by atoms with Gasteiger partial charge in [-0.05, 0) is 42.3 Å². The van der Waals surface area contributed by atoms with Crippen LogP contribution in [0.5, 0.6) is 0 Å². The number of hydrogen-bond donors (Lipinski definition) is 2. The molecular formula is C30H26N6O2. The second kappa shape index (κ2) is 9.48. The first kappa shape index (κ1) is 23.4. The number of nitrogens with two attached hydrogens (primary N) is 1. The van der Waals surface area contributed by atoms with Crippen LogP contribution >= 0.6 is 0 Å². The molecule has 0 fully saturated rings. The lowest BCUT2D eigenvalue weighted by molar-refractivity contribution is -0.121. The molecule has 0 bridgehead atoms. The number of rotatable bonds is 5. The number of benzene rings is 2. The lowest BCUT2D eigenvalue weighted by Gasteiger charge is -2.40. The van der Waals surface area contributed by atoms with E-state index in [1.807, 2.05) is 73.7 Å². The van der Waals surface area contributed by atoms with Crippen LogP contribution in [0.25, 0.3) is 5.65 Å². The van der Waals surface area contributed by atoms with E-state index in [0.717, 1.165) is 16.8 Å². The average Bonchev–Trinajstić information content (AvgIpc) is 3.29. The molecule has 2 aromatic heterocycles. The summed E-state index contributed by atoms with van der Waals surface area (Å²) in [5.41, 5.74) is 10.0. The van der Waals surface area contributed by atoms with Crippen LogP contribution < -0.4 is 16.0 Å². The highest BCUT2D eigenvalue weighted by atomic mass is 16.2. The van der Waals surface area contributed by atoms with Crippen LogP contribution in [0, 0.1) is 5.92 Å². The highest BCUT2D eigenvalue weighted by Crippen LogP contribution is 2.42. The summed E-state index contributed by atoms with van der Waals surface area (Å²) in [4.78, 5) is 33.6. The molecule has 4 aromatic rings. The van der Waals surface area contributed by atoms with Gasteiger partial charge in [0.25, 0.3) is 5.91 Å². The third kappa shape index (κ3) is 3.96. The number of nitrogens with one attached hydrogen (secondary N) is 1. The molecule has 188 valence electrons. The van der Waals surface area contributed by atoms with Crippen molar-refractivity contribution < 1.29 is 9.59 Å². The molecule has 2 aliphatic rings. The van der Waals surface area contributed by atoms with Crippen molar-refractivity contribution >= 4 is 29.0 Å². The predicted octanol–water partition coefficient (Wildman–Crippen LogP) is 4.26. The van der Waals surface area contributed by atoms with Crippen LogP contribution in [-0.2, 0) is 4.79 Å². The molecule has 0 spiro atoms. The third-order valence-corrected chi connectivity index (χ3v) is 7.02. The highest BCUT2D eigenvalue weighted by Gasteiger charge is 2.41. The zero-order chi connectivity index (χ0) is 26.2. The number of hydrogen-bond acceptors (Lipinski definition) is 5. The van der Waals surface area contributed by atoms with Crippen LogP contribution in [0.4, 0.5) is 11.5 Å². The number of fused-ring (bicyclic) bond motifs is 2. The molecule has 1 aliphatic carbocycles. The Morgan fingerprint density at radius 3 is 2.55 bits per heavy atom. The van der Waals surface area contributed by atoms with E-state index < -0.39 is 11.9 Å². The number of para-hydroxylation sites is 1. The Balaban J connectivity index is 1.39. The average molecular weight is 503 g/mol. The van der Waals surface area contributed by atoms with Gasteiger partial charge in [-0.15, -0.1) is 5.10 Å². The topological polar surface area (TPSA) is 106 Å². The summed E-state index contributed by atoms with van der Waals surface area (Å²) in [7, 11) is 0. The van der Waals surface area contributed by atoms with Crippen molar-refractivity contribution in [3.8, 4) is 0 Å². The minimum Gasteiger partial charge on any atom is -0.381 e. The summed E-state index contributed by atoms with van der Waals surface area (Å²) in [6, 6.07) is 20.8. The number of nitrogens with zero attached hydrogens (tertiary/aromatic N) is 4. The molecule has 2 amide bonds. The number of nitrogen functional groups attached to an aromatic ring is 1. The number of amides is 2. The van der Waals surface area contributed by atoms with E-state index in [-0.39, 0.29) is 29.1 Å². The molecule has 3 unspecified atom stereocenters. The first-order valence-electron chi connectivity index (χ1n) is 12.5. The fourth-order valence-electron chi connectivity index (χ4n) is 5.26. The minimum absolute atomic E-state index is 0.0450. The van der Waals surface area contributed by atoms with Crippen molar-refractivity contribution in [1.82, 2.24) is 19.9 Å². The van der Waals surface area contributed by atoms with Gasteiger partial charge >= 0.3 is 0 Å². The van der Waals surface area contributed by atoms with Gasteiger partial charge in [-0.2, -0.15) is 0 Å². The van der Waals surface area contributed by atoms with Gasteiger partial charge in [0.05, 0.1) is 12.0 Å². The number of allylic oxidation sites excluding steroid dienone is 4. The summed E-state index contributed by atoms with van der Waals surface area (Å²) in [5, 5.41) is 7.22. The van der Waals surface area contributed by atoms with Crippen LogP contribution in [0.3, 0.4) is 0 Å². The summed E-state index contributed by atoms with van der Waals surface area (Å²) >= 11 is 0. The Kier molecular flexibility index (Phi) is 5.84. The number of aromatic nitrogens is 3. The second-order valence-corrected chi connectivity index (χ2v) is 9.39. The Hall–Kier alpha value is -4.98. The molecule has 3 atom stereocenters. The Morgan fingerprint density at radius 1 is 1.05 bits per heavy atom. The van der Waals surface area contributed by atoms with E-state index in [2.05, 4.69) is 33.6 Å². The minimum atomic E-state index is -0.521. The third-order valence-electron chi connectivity index (χ3n) is 7.02. The summed E-state index contributed by atoms with van der Waals surface area (Å²) in [6.07, 6.45) is 11.3. The molecule has 0 saturated carbocycles. The Labute approximate surface area is 219 Å². The molecule has 0 radical (unpaired) electrons. The van der Waals surface area contributed by atoms with E-state index in [1.165, 1.54) is 4.52 Å². The highest BCUT2D eigenvalue weighted by molar-refractivity contribution is 6.06. The fourth-order valence-corrected chi connectivity index (χ4v) is 5.26. The van der Waals surface area contributed by atoms with Gasteiger partial charge in [0, 0.05) is 29.7 Å². The van der Waals surface area contributed by atoms with E-state index in [9.17, 15) is 9.59 Å². The van der Waals surface area contributed by atoms with Crippen molar-refractivity contribution in [2.75, 3.05) is 10.6 Å². The molecule has 8 heteroatoms. The first-order chi connectivity index (χ1) is 18.5.